The van der Waals surface area contributed by atoms with Crippen LogP contribution in [-0.4, -0.2) is 36.0 Å². The SMILES string of the molecule is Cc1nc(-c2ncn(CC(=O)O)n2)no1. The van der Waals surface area contributed by atoms with Crippen molar-refractivity contribution >= 4 is 5.97 Å². The van der Waals surface area contributed by atoms with Crippen LogP contribution in [0.25, 0.3) is 11.6 Å². The van der Waals surface area contributed by atoms with E-state index in [0.717, 1.165) is 0 Å². The number of hydrogen-bond acceptors (Lipinski definition) is 6. The highest BCUT2D eigenvalue weighted by atomic mass is 16.5. The molecular formula is C7H7N5O3. The van der Waals surface area contributed by atoms with Gasteiger partial charge in [0.1, 0.15) is 12.9 Å². The Balaban J connectivity index is 2.23. The van der Waals surface area contributed by atoms with Crippen molar-refractivity contribution in [2.75, 3.05) is 0 Å². The van der Waals surface area contributed by atoms with E-state index in [1.807, 2.05) is 0 Å². The third-order valence-electron chi connectivity index (χ3n) is 1.56. The summed E-state index contributed by atoms with van der Waals surface area (Å²) in [4.78, 5) is 18.1. The maximum Gasteiger partial charge on any atom is 0.325 e. The highest BCUT2D eigenvalue weighted by molar-refractivity contribution is 5.66. The number of carboxylic acid groups (broad SMARTS) is 1. The Morgan fingerprint density at radius 1 is 1.60 bits per heavy atom. The van der Waals surface area contributed by atoms with Crippen molar-refractivity contribution in [2.45, 2.75) is 13.5 Å². The summed E-state index contributed by atoms with van der Waals surface area (Å²) >= 11 is 0. The monoisotopic (exact) mass is 209 g/mol. The molecular weight excluding hydrogens is 202 g/mol. The lowest BCUT2D eigenvalue weighted by atomic mass is 10.6. The molecule has 2 heterocycles. The van der Waals surface area contributed by atoms with Crippen LogP contribution < -0.4 is 0 Å². The molecule has 0 amide bonds. The van der Waals surface area contributed by atoms with Crippen molar-refractivity contribution in [3.05, 3.63) is 12.2 Å². The molecule has 0 aliphatic heterocycles. The van der Waals surface area contributed by atoms with E-state index in [2.05, 4.69) is 20.2 Å². The quantitative estimate of drug-likeness (QED) is 0.740. The second-order valence-corrected chi connectivity index (χ2v) is 2.80. The Kier molecular flexibility index (Phi) is 2.16. The fraction of sp³-hybridized carbons (Fsp3) is 0.286. The third-order valence-corrected chi connectivity index (χ3v) is 1.56. The van der Waals surface area contributed by atoms with Crippen molar-refractivity contribution in [1.82, 2.24) is 24.9 Å². The predicted molar refractivity (Wildman–Crippen MR) is 45.7 cm³/mol. The molecule has 0 aromatic carbocycles. The fourth-order valence-corrected chi connectivity index (χ4v) is 1.00. The topological polar surface area (TPSA) is 107 Å². The number of aromatic nitrogens is 5. The van der Waals surface area contributed by atoms with Crippen LogP contribution >= 0.6 is 0 Å². The number of aliphatic carboxylic acids is 1. The first-order valence-corrected chi connectivity index (χ1v) is 4.07. The lowest BCUT2D eigenvalue weighted by Crippen LogP contribution is -2.09. The van der Waals surface area contributed by atoms with Gasteiger partial charge in [-0.25, -0.2) is 9.67 Å². The summed E-state index contributed by atoms with van der Waals surface area (Å²) in [7, 11) is 0. The predicted octanol–water partition coefficient (Wildman–Crippen LogP) is -0.279. The molecule has 2 aromatic heterocycles. The number of hydrogen-bond donors (Lipinski definition) is 1. The maximum absolute atomic E-state index is 10.4. The molecule has 0 saturated heterocycles. The zero-order chi connectivity index (χ0) is 10.8. The van der Waals surface area contributed by atoms with Gasteiger partial charge in [-0.3, -0.25) is 4.79 Å². The molecule has 8 nitrogen and oxygen atoms in total. The zero-order valence-electron chi connectivity index (χ0n) is 7.78. The van der Waals surface area contributed by atoms with Crippen molar-refractivity contribution in [2.24, 2.45) is 0 Å². The van der Waals surface area contributed by atoms with E-state index in [1.165, 1.54) is 11.0 Å². The Bertz CT molecular complexity index is 488. The van der Waals surface area contributed by atoms with Crippen molar-refractivity contribution in [3.63, 3.8) is 0 Å². The first-order valence-electron chi connectivity index (χ1n) is 4.07. The van der Waals surface area contributed by atoms with Crippen LogP contribution in [0.5, 0.6) is 0 Å². The molecule has 8 heteroatoms. The van der Waals surface area contributed by atoms with Crippen LogP contribution in [0.2, 0.25) is 0 Å². The normalized spacial score (nSPS) is 10.5. The Morgan fingerprint density at radius 2 is 2.40 bits per heavy atom. The number of rotatable bonds is 3. The number of carboxylic acids is 1. The van der Waals surface area contributed by atoms with Gasteiger partial charge in [-0.15, -0.1) is 5.10 Å². The summed E-state index contributed by atoms with van der Waals surface area (Å²) < 4.78 is 5.93. The Morgan fingerprint density at radius 3 is 3.00 bits per heavy atom. The van der Waals surface area contributed by atoms with E-state index in [4.69, 9.17) is 9.63 Å². The van der Waals surface area contributed by atoms with Crippen molar-refractivity contribution in [3.8, 4) is 11.6 Å². The molecule has 2 rings (SSSR count). The number of nitrogens with zero attached hydrogens (tertiary/aromatic N) is 5. The molecule has 0 unspecified atom stereocenters. The molecule has 0 fully saturated rings. The standard InChI is InChI=1S/C7H7N5O3/c1-4-9-7(11-15-4)6-8-3-12(10-6)2-5(13)14/h3H,2H2,1H3,(H,13,14). The van der Waals surface area contributed by atoms with Gasteiger partial charge in [-0.2, -0.15) is 4.98 Å². The van der Waals surface area contributed by atoms with Crippen LogP contribution in [0, 0.1) is 6.92 Å². The molecule has 0 aliphatic carbocycles. The molecule has 0 atom stereocenters. The molecule has 0 saturated carbocycles. The van der Waals surface area contributed by atoms with Crippen LogP contribution in [-0.2, 0) is 11.3 Å². The molecule has 2 aromatic rings. The molecule has 0 radical (unpaired) electrons. The van der Waals surface area contributed by atoms with Gasteiger partial charge >= 0.3 is 5.97 Å². The summed E-state index contributed by atoms with van der Waals surface area (Å²) in [6.07, 6.45) is 1.30. The highest BCUT2D eigenvalue weighted by Crippen LogP contribution is 2.08. The molecule has 15 heavy (non-hydrogen) atoms. The number of carbonyl (C=O) groups is 1. The summed E-state index contributed by atoms with van der Waals surface area (Å²) in [5.41, 5.74) is 0. The average Bonchev–Trinajstić information content (AvgIpc) is 2.72. The van der Waals surface area contributed by atoms with E-state index in [9.17, 15) is 4.79 Å². The molecule has 0 aliphatic rings. The van der Waals surface area contributed by atoms with Crippen molar-refractivity contribution < 1.29 is 14.4 Å². The zero-order valence-corrected chi connectivity index (χ0v) is 7.78. The minimum atomic E-state index is -0.990. The van der Waals surface area contributed by atoms with E-state index in [1.54, 1.807) is 6.92 Å². The summed E-state index contributed by atoms with van der Waals surface area (Å²) in [6, 6.07) is 0. The van der Waals surface area contributed by atoms with E-state index in [0.29, 0.717) is 5.89 Å². The largest absolute Gasteiger partial charge is 0.480 e. The minimum Gasteiger partial charge on any atom is -0.480 e. The van der Waals surface area contributed by atoms with Crippen LogP contribution in [0.15, 0.2) is 10.9 Å². The van der Waals surface area contributed by atoms with Gasteiger partial charge in [0.15, 0.2) is 0 Å². The van der Waals surface area contributed by atoms with Crippen molar-refractivity contribution in [1.29, 1.82) is 0 Å². The second kappa shape index (κ2) is 3.48. The van der Waals surface area contributed by atoms with Crippen LogP contribution in [0.4, 0.5) is 0 Å². The summed E-state index contributed by atoms with van der Waals surface area (Å²) in [6.45, 7) is 1.40. The van der Waals surface area contributed by atoms with Gasteiger partial charge in [0.2, 0.25) is 17.5 Å². The first-order chi connectivity index (χ1) is 7.15. The summed E-state index contributed by atoms with van der Waals surface area (Å²) in [5.74, 6) is -0.0972. The lowest BCUT2D eigenvalue weighted by Gasteiger charge is -1.91. The number of aryl methyl sites for hydroxylation is 1. The van der Waals surface area contributed by atoms with Crippen LogP contribution in [0.1, 0.15) is 5.89 Å². The Hall–Kier alpha value is -2.25. The van der Waals surface area contributed by atoms with E-state index in [-0.39, 0.29) is 18.2 Å². The van der Waals surface area contributed by atoms with Gasteiger partial charge in [-0.1, -0.05) is 5.16 Å². The van der Waals surface area contributed by atoms with Crippen LogP contribution in [0.3, 0.4) is 0 Å². The average molecular weight is 209 g/mol. The van der Waals surface area contributed by atoms with E-state index >= 15 is 0 Å². The molecule has 78 valence electrons. The fourth-order valence-electron chi connectivity index (χ4n) is 1.00. The van der Waals surface area contributed by atoms with Gasteiger partial charge in [-0.05, 0) is 0 Å². The van der Waals surface area contributed by atoms with E-state index < -0.39 is 5.97 Å². The van der Waals surface area contributed by atoms with Gasteiger partial charge in [0.25, 0.3) is 0 Å². The van der Waals surface area contributed by atoms with Gasteiger partial charge in [0, 0.05) is 6.92 Å². The minimum absolute atomic E-state index is 0.244. The van der Waals surface area contributed by atoms with Gasteiger partial charge < -0.3 is 9.63 Å². The second-order valence-electron chi connectivity index (χ2n) is 2.80. The highest BCUT2D eigenvalue weighted by Gasteiger charge is 2.11. The molecule has 0 spiro atoms. The third kappa shape index (κ3) is 1.98. The molecule has 1 N–H and O–H groups in total. The lowest BCUT2D eigenvalue weighted by molar-refractivity contribution is -0.137. The summed E-state index contributed by atoms with van der Waals surface area (Å²) in [5, 5.41) is 16.0. The molecule has 0 bridgehead atoms. The maximum atomic E-state index is 10.4. The van der Waals surface area contributed by atoms with Gasteiger partial charge in [0.05, 0.1) is 0 Å². The smallest absolute Gasteiger partial charge is 0.325 e. The first kappa shape index (κ1) is 9.31. The Labute approximate surface area is 83.6 Å².